The van der Waals surface area contributed by atoms with Crippen LogP contribution in [0.2, 0.25) is 0 Å². The number of anilines is 2. The van der Waals surface area contributed by atoms with Crippen LogP contribution in [0.4, 0.5) is 11.4 Å². The number of aliphatic hydroxyl groups is 1. The van der Waals surface area contributed by atoms with Crippen LogP contribution in [0, 0.1) is 5.41 Å². The summed E-state index contributed by atoms with van der Waals surface area (Å²) in [5.74, 6) is 0.380. The summed E-state index contributed by atoms with van der Waals surface area (Å²) < 4.78 is 0. The molecule has 2 N–H and O–H groups in total. The monoisotopic (exact) mass is 383 g/mol. The number of carbonyl (C=O) groups excluding carboxylic acids is 1. The Bertz CT molecular complexity index is 709. The van der Waals surface area contributed by atoms with E-state index in [1.54, 1.807) is 0 Å². The standard InChI is InChI=1S/C23H33N3O2/c27-21-10-8-20(9-11-21)26-15-13-23(22(26)28)12-1-14-25(16-23)19-6-4-18(5-7-19)24-17-2-3-17/h4-7,17,20-21,24,27H,1-3,8-16H2. The molecular formula is C23H33N3O2. The van der Waals surface area contributed by atoms with Crippen LogP contribution in [-0.4, -0.2) is 53.7 Å². The third-order valence-electron chi connectivity index (χ3n) is 7.41. The highest BCUT2D eigenvalue weighted by Gasteiger charge is 2.50. The Balaban J connectivity index is 1.26. The van der Waals surface area contributed by atoms with Crippen LogP contribution in [-0.2, 0) is 4.79 Å². The van der Waals surface area contributed by atoms with Crippen molar-refractivity contribution >= 4 is 17.3 Å². The lowest BCUT2D eigenvalue weighted by molar-refractivity contribution is -0.139. The van der Waals surface area contributed by atoms with Gasteiger partial charge in [-0.05, 0) is 82.1 Å². The molecule has 2 saturated carbocycles. The number of nitrogens with zero attached hydrogens (tertiary/aromatic N) is 2. The van der Waals surface area contributed by atoms with Gasteiger partial charge in [-0.2, -0.15) is 0 Å². The number of hydrogen-bond acceptors (Lipinski definition) is 4. The first kappa shape index (κ1) is 18.3. The van der Waals surface area contributed by atoms with Crippen molar-refractivity contribution in [2.45, 2.75) is 76.0 Å². The van der Waals surface area contributed by atoms with E-state index in [0.717, 1.165) is 64.6 Å². The summed E-state index contributed by atoms with van der Waals surface area (Å²) in [7, 11) is 0. The first-order valence-corrected chi connectivity index (χ1v) is 11.2. The molecule has 5 heteroatoms. The summed E-state index contributed by atoms with van der Waals surface area (Å²) in [4.78, 5) is 18.0. The maximum Gasteiger partial charge on any atom is 0.230 e. The molecule has 28 heavy (non-hydrogen) atoms. The average Bonchev–Trinajstić information content (AvgIpc) is 3.49. The van der Waals surface area contributed by atoms with Crippen molar-refractivity contribution in [2.75, 3.05) is 29.9 Å². The number of rotatable bonds is 4. The van der Waals surface area contributed by atoms with Gasteiger partial charge < -0.3 is 20.2 Å². The lowest BCUT2D eigenvalue weighted by Gasteiger charge is -2.41. The number of benzene rings is 1. The quantitative estimate of drug-likeness (QED) is 0.837. The minimum absolute atomic E-state index is 0.162. The molecule has 5 nitrogen and oxygen atoms in total. The van der Waals surface area contributed by atoms with Crippen LogP contribution in [0.15, 0.2) is 24.3 Å². The number of hydrogen-bond donors (Lipinski definition) is 2. The molecule has 0 radical (unpaired) electrons. The van der Waals surface area contributed by atoms with Gasteiger partial charge >= 0.3 is 0 Å². The second-order valence-electron chi connectivity index (χ2n) is 9.48. The van der Waals surface area contributed by atoms with Crippen molar-refractivity contribution in [1.82, 2.24) is 4.90 Å². The zero-order valence-corrected chi connectivity index (χ0v) is 16.8. The van der Waals surface area contributed by atoms with Gasteiger partial charge in [-0.3, -0.25) is 4.79 Å². The largest absolute Gasteiger partial charge is 0.393 e. The second-order valence-corrected chi connectivity index (χ2v) is 9.48. The van der Waals surface area contributed by atoms with Crippen LogP contribution in [0.25, 0.3) is 0 Å². The van der Waals surface area contributed by atoms with E-state index >= 15 is 0 Å². The molecular weight excluding hydrogens is 350 g/mol. The van der Waals surface area contributed by atoms with Crippen LogP contribution in [0.3, 0.4) is 0 Å². The number of nitrogens with one attached hydrogen (secondary N) is 1. The molecule has 1 unspecified atom stereocenters. The SMILES string of the molecule is O=C1N(C2CCC(O)CC2)CCC12CCCN(c1ccc(NC3CC3)cc1)C2. The van der Waals surface area contributed by atoms with E-state index in [-0.39, 0.29) is 11.5 Å². The van der Waals surface area contributed by atoms with Crippen molar-refractivity contribution in [1.29, 1.82) is 0 Å². The van der Waals surface area contributed by atoms with Gasteiger partial charge in [0, 0.05) is 43.1 Å². The van der Waals surface area contributed by atoms with Crippen LogP contribution in [0.5, 0.6) is 0 Å². The first-order chi connectivity index (χ1) is 13.6. The van der Waals surface area contributed by atoms with Gasteiger partial charge in [-0.25, -0.2) is 0 Å². The molecule has 1 aromatic rings. The van der Waals surface area contributed by atoms with Crippen molar-refractivity contribution < 1.29 is 9.90 Å². The summed E-state index contributed by atoms with van der Waals surface area (Å²) in [6, 6.07) is 9.81. The summed E-state index contributed by atoms with van der Waals surface area (Å²) in [6.45, 7) is 2.80. The third kappa shape index (κ3) is 3.49. The molecule has 1 amide bonds. The van der Waals surface area contributed by atoms with Crippen LogP contribution >= 0.6 is 0 Å². The Morgan fingerprint density at radius 2 is 1.71 bits per heavy atom. The molecule has 2 aliphatic carbocycles. The highest BCUT2D eigenvalue weighted by atomic mass is 16.3. The number of amides is 1. The van der Waals surface area contributed by atoms with E-state index in [4.69, 9.17) is 0 Å². The summed E-state index contributed by atoms with van der Waals surface area (Å²) in [5.41, 5.74) is 2.26. The Morgan fingerprint density at radius 3 is 2.43 bits per heavy atom. The summed E-state index contributed by atoms with van der Waals surface area (Å²) in [5, 5.41) is 13.3. The highest BCUT2D eigenvalue weighted by Crippen LogP contribution is 2.43. The highest BCUT2D eigenvalue weighted by molar-refractivity contribution is 5.86. The van der Waals surface area contributed by atoms with E-state index < -0.39 is 0 Å². The van der Waals surface area contributed by atoms with Gasteiger partial charge in [0.15, 0.2) is 0 Å². The predicted octanol–water partition coefficient (Wildman–Crippen LogP) is 3.38. The third-order valence-corrected chi connectivity index (χ3v) is 7.41. The lowest BCUT2D eigenvalue weighted by Crippen LogP contribution is -2.50. The maximum atomic E-state index is 13.4. The van der Waals surface area contributed by atoms with E-state index in [0.29, 0.717) is 18.0 Å². The molecule has 4 fully saturated rings. The number of aliphatic hydroxyl groups excluding tert-OH is 1. The Kier molecular flexibility index (Phi) is 4.74. The number of likely N-dealkylation sites (tertiary alicyclic amines) is 1. The van der Waals surface area contributed by atoms with Crippen molar-refractivity contribution in [3.8, 4) is 0 Å². The lowest BCUT2D eigenvalue weighted by atomic mass is 9.78. The smallest absolute Gasteiger partial charge is 0.230 e. The van der Waals surface area contributed by atoms with Crippen molar-refractivity contribution in [3.05, 3.63) is 24.3 Å². The van der Waals surface area contributed by atoms with Gasteiger partial charge in [-0.15, -0.1) is 0 Å². The Labute approximate surface area is 168 Å². The second kappa shape index (κ2) is 7.25. The van der Waals surface area contributed by atoms with E-state index in [2.05, 4.69) is 39.4 Å². The van der Waals surface area contributed by atoms with E-state index in [1.165, 1.54) is 24.2 Å². The molecule has 2 aliphatic heterocycles. The fourth-order valence-corrected chi connectivity index (χ4v) is 5.53. The minimum atomic E-state index is -0.195. The Hall–Kier alpha value is -1.75. The molecule has 1 aromatic carbocycles. The predicted molar refractivity (Wildman–Crippen MR) is 112 cm³/mol. The zero-order chi connectivity index (χ0) is 19.1. The average molecular weight is 384 g/mol. The molecule has 2 heterocycles. The van der Waals surface area contributed by atoms with Crippen LogP contribution < -0.4 is 10.2 Å². The molecule has 1 atom stereocenters. The Morgan fingerprint density at radius 1 is 0.964 bits per heavy atom. The molecule has 0 bridgehead atoms. The number of piperidine rings is 1. The fourth-order valence-electron chi connectivity index (χ4n) is 5.53. The zero-order valence-electron chi connectivity index (χ0n) is 16.8. The summed E-state index contributed by atoms with van der Waals surface area (Å²) >= 11 is 0. The molecule has 5 rings (SSSR count). The normalized spacial score (nSPS) is 33.5. The molecule has 4 aliphatic rings. The molecule has 2 saturated heterocycles. The van der Waals surface area contributed by atoms with Crippen molar-refractivity contribution in [2.24, 2.45) is 5.41 Å². The molecule has 152 valence electrons. The van der Waals surface area contributed by atoms with E-state index in [1.807, 2.05) is 0 Å². The van der Waals surface area contributed by atoms with Gasteiger partial charge in [0.25, 0.3) is 0 Å². The molecule has 1 spiro atoms. The van der Waals surface area contributed by atoms with Gasteiger partial charge in [0.1, 0.15) is 0 Å². The van der Waals surface area contributed by atoms with Gasteiger partial charge in [0.2, 0.25) is 5.91 Å². The number of carbonyl (C=O) groups is 1. The van der Waals surface area contributed by atoms with Gasteiger partial charge in [-0.1, -0.05) is 0 Å². The topological polar surface area (TPSA) is 55.8 Å². The fraction of sp³-hybridized carbons (Fsp3) is 0.696. The maximum absolute atomic E-state index is 13.4. The van der Waals surface area contributed by atoms with Crippen molar-refractivity contribution in [3.63, 3.8) is 0 Å². The molecule has 0 aromatic heterocycles. The minimum Gasteiger partial charge on any atom is -0.393 e. The van der Waals surface area contributed by atoms with E-state index in [9.17, 15) is 9.90 Å². The first-order valence-electron chi connectivity index (χ1n) is 11.2. The van der Waals surface area contributed by atoms with Gasteiger partial charge in [0.05, 0.1) is 11.5 Å². The summed E-state index contributed by atoms with van der Waals surface area (Å²) in [6.07, 6.45) is 9.12. The van der Waals surface area contributed by atoms with Crippen LogP contribution in [0.1, 0.15) is 57.8 Å².